The standard InChI is InChI=1S/C66H118O3.40CH2O/c1-2-3-4-5-6-7-40-43-46-49-54-63-55-52-57-65-64(63)56-53-58-66(65)69-62-61-68-60-51-48-45-42-39-37-35-33-31-29-27-25-23-21-19-17-15-13-11-9-8-10-12-14-16-18-20-22-24-26-28-30-32-34-36-38-41-44-47-50-59-67;40*1-2/h52-53,55-59H,2-51,54,60-62H2,1H3;40*1H2/p+1. The number of hydrogen-bond donors (Lipinski definition) is 0. The van der Waals surface area contributed by atoms with Crippen LogP contribution in [-0.2, 0) is 203 Å². The number of carbonyl (C=O) groups excluding carboxylic acids is 41. The Kier molecular flexibility index (Phi) is 1140. The topological polar surface area (TPSA) is 723 Å². The lowest BCUT2D eigenvalue weighted by Crippen LogP contribution is -2.07. The Hall–Kier alpha value is -15.1. The smallest absolute Gasteiger partial charge is 0.281 e. The van der Waals surface area contributed by atoms with Crippen molar-refractivity contribution < 1.29 is 206 Å². The van der Waals surface area contributed by atoms with Crippen molar-refractivity contribution in [2.24, 2.45) is 0 Å². The van der Waals surface area contributed by atoms with E-state index in [0.717, 1.165) is 25.2 Å². The summed E-state index contributed by atoms with van der Waals surface area (Å²) in [4.78, 5) is 329. The molecule has 43 nitrogen and oxygen atoms in total. The van der Waals surface area contributed by atoms with Gasteiger partial charge in [-0.25, -0.2) is 0 Å². The third-order valence-electron chi connectivity index (χ3n) is 15.4. The number of ether oxygens (including phenoxy) is 2. The number of unbranched alkanes of at least 4 members (excludes halogenated alkanes) is 48. The van der Waals surface area contributed by atoms with Gasteiger partial charge in [-0.1, -0.05) is 333 Å². The number of rotatable bonds is 57. The molecular weight excluding hydrogens is 1960 g/mol. The molecule has 0 aromatic heterocycles. The average Bonchev–Trinajstić information content (AvgIpc) is 0.808. The summed E-state index contributed by atoms with van der Waals surface area (Å²) in [6.45, 7) is 84.5. The lowest BCUT2D eigenvalue weighted by molar-refractivity contribution is -0.0987. The molecule has 0 heterocycles. The average molecular weight is 2160 g/mol. The van der Waals surface area contributed by atoms with Gasteiger partial charge in [-0.15, -0.1) is 0 Å². The molecule has 0 aliphatic rings. The number of fused-ring (bicyclic) bond motifs is 1. The van der Waals surface area contributed by atoms with Gasteiger partial charge in [-0.2, -0.15) is 0 Å². The van der Waals surface area contributed by atoms with E-state index in [1.165, 1.54) is 337 Å². The van der Waals surface area contributed by atoms with E-state index in [2.05, 4.69) is 43.3 Å². The summed E-state index contributed by atoms with van der Waals surface area (Å²) in [5.41, 5.74) is 1.47. The number of carbonyl (C=O) groups is 40. The summed E-state index contributed by atoms with van der Waals surface area (Å²) in [5.74, 6) is 1.00. The van der Waals surface area contributed by atoms with Crippen LogP contribution in [0.15, 0.2) is 36.4 Å². The van der Waals surface area contributed by atoms with Crippen LogP contribution >= 0.6 is 0 Å². The van der Waals surface area contributed by atoms with Gasteiger partial charge in [-0.05, 0) is 42.7 Å². The van der Waals surface area contributed by atoms with Crippen molar-refractivity contribution in [3.05, 3.63) is 42.0 Å². The quantitative estimate of drug-likeness (QED) is 0.0337. The fourth-order valence-electron chi connectivity index (χ4n) is 10.8. The monoisotopic (exact) mass is 2160 g/mol. The summed E-state index contributed by atoms with van der Waals surface area (Å²) in [6, 6.07) is 13.3. The van der Waals surface area contributed by atoms with Crippen LogP contribution in [0.1, 0.15) is 334 Å². The molecule has 0 atom stereocenters. The Labute approximate surface area is 892 Å². The molecule has 0 amide bonds. The Morgan fingerprint density at radius 3 is 0.490 bits per heavy atom. The van der Waals surface area contributed by atoms with Crippen molar-refractivity contribution in [1.82, 2.24) is 0 Å². The number of benzene rings is 2. The molecule has 0 fully saturated rings. The minimum atomic E-state index is 0.624. The highest BCUT2D eigenvalue weighted by atomic mass is 16.5. The minimum Gasteiger partial charge on any atom is -0.491 e. The fraction of sp³-hybridized carbons (Fsp3) is 0.519. The maximum absolute atomic E-state index is 8.71. The molecule has 0 aliphatic heterocycles. The Bertz CT molecular complexity index is 1890. The zero-order valence-electron chi connectivity index (χ0n) is 91.1. The second kappa shape index (κ2) is 644. The van der Waals surface area contributed by atoms with E-state index in [4.69, 9.17) is 206 Å². The molecule has 2 rings (SSSR count). The van der Waals surface area contributed by atoms with E-state index in [0.29, 0.717) is 13.2 Å². The summed E-state index contributed by atoms with van der Waals surface area (Å²) in [5, 5.41) is 2.61. The van der Waals surface area contributed by atoms with Crippen LogP contribution in [0.5, 0.6) is 5.75 Å². The summed E-state index contributed by atoms with van der Waals surface area (Å²) >= 11 is 0. The third kappa shape index (κ3) is 494. The maximum Gasteiger partial charge on any atom is 0.281 e. The summed E-state index contributed by atoms with van der Waals surface area (Å²) < 4.78 is 12.2. The van der Waals surface area contributed by atoms with Gasteiger partial charge in [0, 0.05) is 12.0 Å². The molecule has 0 radical (unpaired) electrons. The third-order valence-corrected chi connectivity index (χ3v) is 15.4. The SMILES string of the molecule is C=O.C=O.C=O.C=O.C=O.C=O.C=O.C=O.C=O.C=O.C=O.C=O.C=O.C=O.C=O.C=O.C=O.C=O.C=O.C=O.C=O.C=O.C=O.C=O.C=O.C=O.C=O.C=O.C=O.C=O.C=O.C=O.C=O.C=O.C=O.C=O.C=O.C=O.C=O.C=O.CCCCCCCCCCCCc1cccc2c(OCCOCCCCCCCCCCCCCCCCCCCCCCCCCCCCCCCCCCCCCCCCCC=[OH+])cccc12. The second-order valence-corrected chi connectivity index (χ2v) is 21.9. The van der Waals surface area contributed by atoms with E-state index in [9.17, 15) is 0 Å². The Morgan fingerprint density at radius 2 is 0.315 bits per heavy atom. The van der Waals surface area contributed by atoms with Crippen LogP contribution in [0.25, 0.3) is 10.8 Å². The molecule has 880 valence electrons. The predicted octanol–water partition coefficient (Wildman–Crippen LogP) is 15.1. The van der Waals surface area contributed by atoms with Gasteiger partial charge in [0.1, 0.15) is 284 Å². The van der Waals surface area contributed by atoms with Crippen LogP contribution in [0.4, 0.5) is 0 Å². The van der Waals surface area contributed by atoms with Crippen LogP contribution in [-0.4, -0.2) is 302 Å². The lowest BCUT2D eigenvalue weighted by atomic mass is 9.98. The molecule has 0 bridgehead atoms. The molecule has 2 aromatic rings. The highest BCUT2D eigenvalue weighted by molar-refractivity contribution is 5.91. The normalized spacial score (nSPS) is 6.45. The zero-order chi connectivity index (χ0) is 129. The molecule has 0 unspecified atom stereocenters. The molecule has 43 heteroatoms. The number of aldehydes is 1. The molecule has 0 aliphatic carbocycles. The molecule has 0 spiro atoms. The lowest BCUT2D eigenvalue weighted by Gasteiger charge is -2.12. The molecular formula is C106H199O43+. The summed E-state index contributed by atoms with van der Waals surface area (Å²) in [6.07, 6.45) is 72.9. The maximum atomic E-state index is 8.71. The fourth-order valence-corrected chi connectivity index (χ4v) is 10.8. The van der Waals surface area contributed by atoms with E-state index >= 15 is 0 Å². The van der Waals surface area contributed by atoms with Gasteiger partial charge in [0.15, 0.2) is 0 Å². The molecule has 2 aromatic carbocycles. The summed E-state index contributed by atoms with van der Waals surface area (Å²) in [7, 11) is 0. The van der Waals surface area contributed by atoms with Gasteiger partial charge in [0.25, 0.3) is 6.29 Å². The van der Waals surface area contributed by atoms with E-state index in [1.807, 2.05) is 272 Å². The number of aryl methyl sites for hydroxylation is 1. The van der Waals surface area contributed by atoms with Gasteiger partial charge >= 0.3 is 0 Å². The second-order valence-electron chi connectivity index (χ2n) is 21.9. The van der Waals surface area contributed by atoms with Gasteiger partial charge in [-0.3, -0.25) is 4.79 Å². The van der Waals surface area contributed by atoms with Crippen LogP contribution < -0.4 is 4.74 Å². The first kappa shape index (κ1) is 263. The minimum absolute atomic E-state index is 0.624. The van der Waals surface area contributed by atoms with Crippen LogP contribution in [0, 0.1) is 0 Å². The predicted molar refractivity (Wildman–Crippen MR) is 593 cm³/mol. The Balaban J connectivity index is -0.0000000341. The number of hydrogen-bond acceptors (Lipinski definition) is 42. The van der Waals surface area contributed by atoms with Crippen LogP contribution in [0.2, 0.25) is 0 Å². The molecule has 0 saturated carbocycles. The van der Waals surface area contributed by atoms with E-state index in [-0.39, 0.29) is 0 Å². The van der Waals surface area contributed by atoms with Crippen molar-refractivity contribution in [3.63, 3.8) is 0 Å². The van der Waals surface area contributed by atoms with Crippen molar-refractivity contribution in [2.45, 2.75) is 334 Å². The highest BCUT2D eigenvalue weighted by Gasteiger charge is 2.07. The van der Waals surface area contributed by atoms with Gasteiger partial charge in [0.05, 0.1) is 13.0 Å². The Morgan fingerprint density at radius 1 is 0.168 bits per heavy atom. The molecule has 0 saturated heterocycles. The largest absolute Gasteiger partial charge is 0.491 e. The zero-order valence-corrected chi connectivity index (χ0v) is 91.1. The van der Waals surface area contributed by atoms with Crippen LogP contribution in [0.3, 0.4) is 0 Å². The van der Waals surface area contributed by atoms with Crippen molar-refractivity contribution in [1.29, 1.82) is 0 Å². The molecule has 149 heavy (non-hydrogen) atoms. The van der Waals surface area contributed by atoms with E-state index < -0.39 is 0 Å². The first-order valence-corrected chi connectivity index (χ1v) is 43.1. The first-order valence-electron chi connectivity index (χ1n) is 43.1. The van der Waals surface area contributed by atoms with Gasteiger partial charge in [0.2, 0.25) is 0 Å². The van der Waals surface area contributed by atoms with E-state index in [1.54, 1.807) is 0 Å². The highest BCUT2D eigenvalue weighted by Crippen LogP contribution is 2.29. The van der Waals surface area contributed by atoms with Crippen molar-refractivity contribution in [3.8, 4) is 5.75 Å². The first-order chi connectivity index (χ1) is 74.4. The van der Waals surface area contributed by atoms with Crippen molar-refractivity contribution in [2.75, 3.05) is 19.8 Å². The van der Waals surface area contributed by atoms with Crippen molar-refractivity contribution >= 4 is 289 Å². The molecule has 1 N–H and O–H groups in total. The van der Waals surface area contributed by atoms with Gasteiger partial charge < -0.3 is 201 Å².